The highest BCUT2D eigenvalue weighted by Crippen LogP contribution is 2.40. The highest BCUT2D eigenvalue weighted by atomic mass is 79.9. The Morgan fingerprint density at radius 1 is 1.23 bits per heavy atom. The summed E-state index contributed by atoms with van der Waals surface area (Å²) in [7, 11) is 0. The molecule has 0 fully saturated rings. The first-order valence-electron chi connectivity index (χ1n) is 6.90. The first kappa shape index (κ1) is 14.2. The molecule has 0 radical (unpaired) electrons. The van der Waals surface area contributed by atoms with E-state index in [9.17, 15) is 4.79 Å². The van der Waals surface area contributed by atoms with Gasteiger partial charge in [0.2, 0.25) is 0 Å². The zero-order valence-electron chi connectivity index (χ0n) is 11.5. The zero-order chi connectivity index (χ0) is 15.1. The summed E-state index contributed by atoms with van der Waals surface area (Å²) in [4.78, 5) is 17.4. The number of carbonyl (C=O) groups excluding carboxylic acids is 1. The van der Waals surface area contributed by atoms with Gasteiger partial charge in [-0.25, -0.2) is 0 Å². The molecule has 22 heavy (non-hydrogen) atoms. The third-order valence-corrected chi connectivity index (χ3v) is 6.17. The quantitative estimate of drug-likeness (QED) is 0.616. The SMILES string of the molecule is O=C(c1ccc(Br)o1)N1CCc2sccc2C1c1cccs1. The Kier molecular flexibility index (Phi) is 3.68. The van der Waals surface area contributed by atoms with Crippen molar-refractivity contribution in [1.29, 1.82) is 0 Å². The number of carbonyl (C=O) groups is 1. The molecule has 0 spiro atoms. The molecule has 1 unspecified atom stereocenters. The molecule has 3 aromatic heterocycles. The molecule has 0 saturated carbocycles. The van der Waals surface area contributed by atoms with E-state index in [-0.39, 0.29) is 11.9 Å². The maximum Gasteiger partial charge on any atom is 0.290 e. The van der Waals surface area contributed by atoms with Crippen molar-refractivity contribution < 1.29 is 9.21 Å². The minimum Gasteiger partial charge on any atom is -0.444 e. The average molecular weight is 394 g/mol. The molecule has 3 aromatic rings. The first-order valence-corrected chi connectivity index (χ1v) is 9.45. The highest BCUT2D eigenvalue weighted by molar-refractivity contribution is 9.10. The minimum atomic E-state index is -0.0547. The molecule has 3 nitrogen and oxygen atoms in total. The summed E-state index contributed by atoms with van der Waals surface area (Å²) in [6, 6.07) is 9.75. The topological polar surface area (TPSA) is 33.5 Å². The van der Waals surface area contributed by atoms with Crippen LogP contribution in [0.3, 0.4) is 0 Å². The van der Waals surface area contributed by atoms with Crippen molar-refractivity contribution in [1.82, 2.24) is 4.90 Å². The van der Waals surface area contributed by atoms with Crippen molar-refractivity contribution in [2.24, 2.45) is 0 Å². The predicted octanol–water partition coefficient (Wildman–Crippen LogP) is 4.95. The second-order valence-corrected chi connectivity index (χ2v) is 7.83. The molecule has 0 aliphatic carbocycles. The third-order valence-electron chi connectivity index (χ3n) is 3.82. The van der Waals surface area contributed by atoms with Crippen LogP contribution in [-0.2, 0) is 6.42 Å². The largest absolute Gasteiger partial charge is 0.444 e. The number of halogens is 1. The molecule has 0 saturated heterocycles. The Bertz CT molecular complexity index is 806. The van der Waals surface area contributed by atoms with Crippen LogP contribution in [0.2, 0.25) is 0 Å². The molecule has 4 rings (SSSR count). The number of furan rings is 1. The minimum absolute atomic E-state index is 0.00799. The Morgan fingerprint density at radius 2 is 2.14 bits per heavy atom. The van der Waals surface area contributed by atoms with Crippen LogP contribution in [-0.4, -0.2) is 17.4 Å². The lowest BCUT2D eigenvalue weighted by Gasteiger charge is -2.34. The second-order valence-electron chi connectivity index (χ2n) is 5.07. The number of rotatable bonds is 2. The normalized spacial score (nSPS) is 17.5. The van der Waals surface area contributed by atoms with Gasteiger partial charge in [0, 0.05) is 16.3 Å². The maximum atomic E-state index is 12.9. The lowest BCUT2D eigenvalue weighted by molar-refractivity contribution is 0.0664. The fraction of sp³-hybridized carbons (Fsp3) is 0.188. The molecule has 0 N–H and O–H groups in total. The van der Waals surface area contributed by atoms with Gasteiger partial charge in [0.05, 0.1) is 6.04 Å². The average Bonchev–Trinajstić information content (AvgIpc) is 3.26. The summed E-state index contributed by atoms with van der Waals surface area (Å²) in [6.07, 6.45) is 0.905. The van der Waals surface area contributed by atoms with E-state index in [2.05, 4.69) is 38.8 Å². The van der Waals surface area contributed by atoms with E-state index in [0.29, 0.717) is 17.0 Å². The van der Waals surface area contributed by atoms with E-state index < -0.39 is 0 Å². The Morgan fingerprint density at radius 3 is 2.86 bits per heavy atom. The molecule has 1 amide bonds. The van der Waals surface area contributed by atoms with E-state index in [1.54, 1.807) is 34.8 Å². The molecular formula is C16H12BrNO2S2. The summed E-state index contributed by atoms with van der Waals surface area (Å²) < 4.78 is 6.05. The Balaban J connectivity index is 1.76. The number of amides is 1. The van der Waals surface area contributed by atoms with E-state index >= 15 is 0 Å². The van der Waals surface area contributed by atoms with Crippen LogP contribution in [0.1, 0.15) is 31.9 Å². The van der Waals surface area contributed by atoms with Gasteiger partial charge < -0.3 is 9.32 Å². The van der Waals surface area contributed by atoms with Crippen LogP contribution in [0, 0.1) is 0 Å². The number of nitrogens with zero attached hydrogens (tertiary/aromatic N) is 1. The third kappa shape index (κ3) is 2.35. The first-order chi connectivity index (χ1) is 10.7. The summed E-state index contributed by atoms with van der Waals surface area (Å²) in [5, 5.41) is 4.17. The van der Waals surface area contributed by atoms with E-state index in [1.165, 1.54) is 15.3 Å². The molecule has 0 bridgehead atoms. The van der Waals surface area contributed by atoms with Gasteiger partial charge in [0.15, 0.2) is 10.4 Å². The molecule has 1 aliphatic heterocycles. The van der Waals surface area contributed by atoms with Gasteiger partial charge in [0.1, 0.15) is 0 Å². The molecule has 0 aromatic carbocycles. The van der Waals surface area contributed by atoms with Crippen molar-refractivity contribution in [3.63, 3.8) is 0 Å². The predicted molar refractivity (Wildman–Crippen MR) is 91.6 cm³/mol. The second kappa shape index (κ2) is 5.68. The van der Waals surface area contributed by atoms with Crippen LogP contribution < -0.4 is 0 Å². The lowest BCUT2D eigenvalue weighted by atomic mass is 9.98. The number of hydrogen-bond acceptors (Lipinski definition) is 4. The summed E-state index contributed by atoms with van der Waals surface area (Å²) in [6.45, 7) is 0.716. The van der Waals surface area contributed by atoms with Gasteiger partial charge in [-0.1, -0.05) is 6.07 Å². The van der Waals surface area contributed by atoms with Gasteiger partial charge in [-0.15, -0.1) is 22.7 Å². The molecule has 6 heteroatoms. The molecule has 112 valence electrons. The maximum absolute atomic E-state index is 12.9. The van der Waals surface area contributed by atoms with Crippen molar-refractivity contribution in [2.75, 3.05) is 6.54 Å². The van der Waals surface area contributed by atoms with E-state index in [1.807, 2.05) is 11.0 Å². The molecule has 1 atom stereocenters. The highest BCUT2D eigenvalue weighted by Gasteiger charge is 2.34. The van der Waals surface area contributed by atoms with E-state index in [4.69, 9.17) is 4.42 Å². The van der Waals surface area contributed by atoms with Crippen LogP contribution in [0.15, 0.2) is 50.2 Å². The van der Waals surface area contributed by atoms with Gasteiger partial charge in [-0.2, -0.15) is 0 Å². The molecule has 4 heterocycles. The van der Waals surface area contributed by atoms with Crippen molar-refractivity contribution in [2.45, 2.75) is 12.5 Å². The van der Waals surface area contributed by atoms with E-state index in [0.717, 1.165) is 6.42 Å². The zero-order valence-corrected chi connectivity index (χ0v) is 14.7. The van der Waals surface area contributed by atoms with Crippen molar-refractivity contribution in [3.8, 4) is 0 Å². The number of hydrogen-bond donors (Lipinski definition) is 0. The standard InChI is InChI=1S/C16H12BrNO2S2/c17-14-4-3-11(20-14)16(19)18-7-5-12-10(6-9-22-12)15(18)13-2-1-8-21-13/h1-4,6,8-9,15H,5,7H2. The van der Waals surface area contributed by atoms with Gasteiger partial charge in [-0.05, 0) is 62.9 Å². The summed E-state index contributed by atoms with van der Waals surface area (Å²) in [5.41, 5.74) is 1.25. The van der Waals surface area contributed by atoms with Crippen LogP contribution >= 0.6 is 38.6 Å². The smallest absolute Gasteiger partial charge is 0.290 e. The fourth-order valence-corrected chi connectivity index (χ4v) is 4.92. The monoisotopic (exact) mass is 393 g/mol. The van der Waals surface area contributed by atoms with Crippen LogP contribution in [0.4, 0.5) is 0 Å². The van der Waals surface area contributed by atoms with Crippen LogP contribution in [0.25, 0.3) is 0 Å². The van der Waals surface area contributed by atoms with Gasteiger partial charge in [0.25, 0.3) is 5.91 Å². The fourth-order valence-electron chi connectivity index (χ4n) is 2.86. The van der Waals surface area contributed by atoms with Crippen molar-refractivity contribution >= 4 is 44.5 Å². The number of thiophene rings is 2. The van der Waals surface area contributed by atoms with Gasteiger partial charge in [-0.3, -0.25) is 4.79 Å². The summed E-state index contributed by atoms with van der Waals surface area (Å²) >= 11 is 6.73. The number of fused-ring (bicyclic) bond motifs is 1. The Labute approximate surface area is 144 Å². The lowest BCUT2D eigenvalue weighted by Crippen LogP contribution is -2.39. The van der Waals surface area contributed by atoms with Crippen LogP contribution in [0.5, 0.6) is 0 Å². The van der Waals surface area contributed by atoms with Gasteiger partial charge >= 0.3 is 0 Å². The Hall–Kier alpha value is -1.37. The summed E-state index contributed by atoms with van der Waals surface area (Å²) in [5.74, 6) is 0.327. The molecular weight excluding hydrogens is 382 g/mol. The molecule has 1 aliphatic rings. The van der Waals surface area contributed by atoms with Crippen molar-refractivity contribution in [3.05, 3.63) is 66.8 Å².